The number of nitriles is 1. The van der Waals surface area contributed by atoms with Gasteiger partial charge in [0.05, 0.1) is 12.8 Å². The van der Waals surface area contributed by atoms with Gasteiger partial charge in [-0.25, -0.2) is 0 Å². The molecule has 0 aliphatic rings. The van der Waals surface area contributed by atoms with Gasteiger partial charge in [-0.05, 0) is 24.3 Å². The molecule has 0 saturated heterocycles. The Morgan fingerprint density at radius 1 is 1.32 bits per heavy atom. The molecule has 124 valence electrons. The van der Waals surface area contributed by atoms with E-state index in [9.17, 15) is 10.1 Å². The predicted molar refractivity (Wildman–Crippen MR) is 96.3 cm³/mol. The second-order valence-electron chi connectivity index (χ2n) is 5.47. The molecule has 0 fully saturated rings. The fourth-order valence-corrected chi connectivity index (χ4v) is 2.66. The molecule has 0 bridgehead atoms. The van der Waals surface area contributed by atoms with E-state index in [4.69, 9.17) is 4.42 Å². The van der Waals surface area contributed by atoms with Crippen LogP contribution in [-0.4, -0.2) is 10.5 Å². The molecule has 1 N–H and O–H groups in total. The number of hydrogen-bond acceptors (Lipinski definition) is 3. The number of fused-ring (bicyclic) bond motifs is 1. The molecule has 25 heavy (non-hydrogen) atoms. The zero-order chi connectivity index (χ0) is 17.6. The van der Waals surface area contributed by atoms with Gasteiger partial charge < -0.3 is 14.3 Å². The number of para-hydroxylation sites is 1. The van der Waals surface area contributed by atoms with Crippen molar-refractivity contribution in [1.29, 1.82) is 5.26 Å². The van der Waals surface area contributed by atoms with Gasteiger partial charge in [0, 0.05) is 29.2 Å². The summed E-state index contributed by atoms with van der Waals surface area (Å²) in [6.07, 6.45) is 6.88. The van der Waals surface area contributed by atoms with Crippen molar-refractivity contribution in [3.63, 3.8) is 0 Å². The average molecular weight is 331 g/mol. The van der Waals surface area contributed by atoms with Crippen LogP contribution in [0, 0.1) is 11.3 Å². The summed E-state index contributed by atoms with van der Waals surface area (Å²) in [6.45, 7) is 4.66. The van der Waals surface area contributed by atoms with Crippen molar-refractivity contribution in [3.05, 3.63) is 78.4 Å². The number of furan rings is 1. The third-order valence-corrected chi connectivity index (χ3v) is 3.81. The Morgan fingerprint density at radius 3 is 2.88 bits per heavy atom. The van der Waals surface area contributed by atoms with Crippen LogP contribution in [0.4, 0.5) is 0 Å². The highest BCUT2D eigenvalue weighted by atomic mass is 16.3. The molecule has 5 nitrogen and oxygen atoms in total. The Labute approximate surface area is 145 Å². The Morgan fingerprint density at radius 2 is 2.16 bits per heavy atom. The summed E-state index contributed by atoms with van der Waals surface area (Å²) in [6, 6.07) is 13.3. The first-order chi connectivity index (χ1) is 12.2. The van der Waals surface area contributed by atoms with Crippen molar-refractivity contribution in [2.75, 3.05) is 0 Å². The number of allylic oxidation sites excluding steroid dienone is 1. The first kappa shape index (κ1) is 16.3. The Kier molecular flexibility index (Phi) is 4.82. The minimum absolute atomic E-state index is 0.0491. The smallest absolute Gasteiger partial charge is 0.262 e. The zero-order valence-corrected chi connectivity index (χ0v) is 13.6. The highest BCUT2D eigenvalue weighted by molar-refractivity contribution is 6.04. The zero-order valence-electron chi connectivity index (χ0n) is 13.6. The molecule has 0 saturated carbocycles. The number of carbonyl (C=O) groups excluding carboxylic acids is 1. The van der Waals surface area contributed by atoms with E-state index in [1.54, 1.807) is 24.3 Å². The highest BCUT2D eigenvalue weighted by Gasteiger charge is 2.12. The lowest BCUT2D eigenvalue weighted by Gasteiger charge is -2.01. The number of carbonyl (C=O) groups is 1. The molecule has 1 amide bonds. The van der Waals surface area contributed by atoms with E-state index in [1.807, 2.05) is 41.1 Å². The van der Waals surface area contributed by atoms with Gasteiger partial charge in [-0.3, -0.25) is 4.79 Å². The van der Waals surface area contributed by atoms with E-state index in [0.717, 1.165) is 16.5 Å². The van der Waals surface area contributed by atoms with Gasteiger partial charge in [0.15, 0.2) is 0 Å². The van der Waals surface area contributed by atoms with Gasteiger partial charge in [0.25, 0.3) is 5.91 Å². The third kappa shape index (κ3) is 3.54. The molecule has 0 aliphatic carbocycles. The number of aromatic nitrogens is 1. The number of benzene rings is 1. The maximum atomic E-state index is 12.3. The summed E-state index contributed by atoms with van der Waals surface area (Å²) >= 11 is 0. The van der Waals surface area contributed by atoms with Gasteiger partial charge in [-0.1, -0.05) is 24.3 Å². The van der Waals surface area contributed by atoms with Gasteiger partial charge in [0.2, 0.25) is 0 Å². The Balaban J connectivity index is 1.89. The molecule has 0 atom stereocenters. The molecule has 2 aromatic heterocycles. The van der Waals surface area contributed by atoms with E-state index in [2.05, 4.69) is 11.9 Å². The van der Waals surface area contributed by atoms with Crippen LogP contribution in [0.3, 0.4) is 0 Å². The van der Waals surface area contributed by atoms with Crippen molar-refractivity contribution in [2.24, 2.45) is 0 Å². The molecule has 0 aliphatic heterocycles. The molecule has 3 rings (SSSR count). The van der Waals surface area contributed by atoms with Crippen molar-refractivity contribution < 1.29 is 9.21 Å². The van der Waals surface area contributed by atoms with E-state index in [0.29, 0.717) is 12.3 Å². The number of amides is 1. The topological polar surface area (TPSA) is 71.0 Å². The minimum Gasteiger partial charge on any atom is -0.467 e. The molecule has 0 unspecified atom stereocenters. The highest BCUT2D eigenvalue weighted by Crippen LogP contribution is 2.23. The summed E-state index contributed by atoms with van der Waals surface area (Å²) in [5, 5.41) is 13.0. The van der Waals surface area contributed by atoms with Crippen LogP contribution < -0.4 is 5.32 Å². The first-order valence-electron chi connectivity index (χ1n) is 7.84. The second-order valence-corrected chi connectivity index (χ2v) is 5.47. The lowest BCUT2D eigenvalue weighted by Crippen LogP contribution is -2.23. The molecule has 0 spiro atoms. The number of nitrogens with one attached hydrogen (secondary N) is 1. The summed E-state index contributed by atoms with van der Waals surface area (Å²) in [5.41, 5.74) is 1.90. The molecular weight excluding hydrogens is 314 g/mol. The van der Waals surface area contributed by atoms with Crippen LogP contribution in [0.5, 0.6) is 0 Å². The summed E-state index contributed by atoms with van der Waals surface area (Å²) in [4.78, 5) is 12.3. The molecular formula is C20H17N3O2. The fraction of sp³-hybridized carbons (Fsp3) is 0.100. The Bertz CT molecular complexity index is 972. The maximum absolute atomic E-state index is 12.3. The minimum atomic E-state index is -0.431. The molecule has 3 aromatic rings. The van der Waals surface area contributed by atoms with Crippen LogP contribution >= 0.6 is 0 Å². The molecule has 1 aromatic carbocycles. The van der Waals surface area contributed by atoms with Crippen LogP contribution in [0.1, 0.15) is 11.3 Å². The summed E-state index contributed by atoms with van der Waals surface area (Å²) in [7, 11) is 0. The summed E-state index contributed by atoms with van der Waals surface area (Å²) in [5.74, 6) is 0.202. The SMILES string of the molecule is C=CCn1cc(/C=C(/C#N)C(=O)NCc2ccco2)c2ccccc21. The van der Waals surface area contributed by atoms with E-state index >= 15 is 0 Å². The molecule has 0 radical (unpaired) electrons. The predicted octanol–water partition coefficient (Wildman–Crippen LogP) is 3.64. The molecule has 2 heterocycles. The normalized spacial score (nSPS) is 11.2. The van der Waals surface area contributed by atoms with Crippen molar-refractivity contribution in [2.45, 2.75) is 13.1 Å². The number of hydrogen-bond donors (Lipinski definition) is 1. The van der Waals surface area contributed by atoms with Crippen LogP contribution in [0.15, 0.2) is 71.5 Å². The standard InChI is InChI=1S/C20H17N3O2/c1-2-9-23-14-16(18-7-3-4-8-19(18)23)11-15(12-21)20(24)22-13-17-6-5-10-25-17/h2-8,10-11,14H,1,9,13H2,(H,22,24)/b15-11-. The van der Waals surface area contributed by atoms with Crippen LogP contribution in [0.2, 0.25) is 0 Å². The van der Waals surface area contributed by atoms with Gasteiger partial charge in [0.1, 0.15) is 17.4 Å². The van der Waals surface area contributed by atoms with E-state index in [-0.39, 0.29) is 12.1 Å². The average Bonchev–Trinajstić information content (AvgIpc) is 3.27. The largest absolute Gasteiger partial charge is 0.467 e. The number of nitrogens with zero attached hydrogens (tertiary/aromatic N) is 2. The maximum Gasteiger partial charge on any atom is 0.262 e. The first-order valence-corrected chi connectivity index (χ1v) is 7.84. The van der Waals surface area contributed by atoms with Crippen molar-refractivity contribution in [3.8, 4) is 6.07 Å². The lowest BCUT2D eigenvalue weighted by atomic mass is 10.1. The summed E-state index contributed by atoms with van der Waals surface area (Å²) < 4.78 is 7.21. The second kappa shape index (κ2) is 7.37. The lowest BCUT2D eigenvalue weighted by molar-refractivity contribution is -0.117. The molecule has 5 heteroatoms. The van der Waals surface area contributed by atoms with E-state index < -0.39 is 5.91 Å². The fourth-order valence-electron chi connectivity index (χ4n) is 2.66. The Hall–Kier alpha value is -3.52. The van der Waals surface area contributed by atoms with E-state index in [1.165, 1.54) is 6.26 Å². The van der Waals surface area contributed by atoms with Gasteiger partial charge in [-0.15, -0.1) is 6.58 Å². The third-order valence-electron chi connectivity index (χ3n) is 3.81. The quantitative estimate of drug-likeness (QED) is 0.426. The number of rotatable bonds is 6. The van der Waals surface area contributed by atoms with Crippen molar-refractivity contribution in [1.82, 2.24) is 9.88 Å². The van der Waals surface area contributed by atoms with Gasteiger partial charge >= 0.3 is 0 Å². The van der Waals surface area contributed by atoms with Crippen molar-refractivity contribution >= 4 is 22.9 Å². The van der Waals surface area contributed by atoms with Gasteiger partial charge in [-0.2, -0.15) is 5.26 Å². The van der Waals surface area contributed by atoms with Crippen LogP contribution in [-0.2, 0) is 17.9 Å². The van der Waals surface area contributed by atoms with Crippen LogP contribution in [0.25, 0.3) is 17.0 Å². The monoisotopic (exact) mass is 331 g/mol.